The second-order valence-corrected chi connectivity index (χ2v) is 4.86. The van der Waals surface area contributed by atoms with E-state index in [9.17, 15) is 0 Å². The minimum atomic E-state index is -0.256. The molecule has 2 aliphatic carbocycles. The average Bonchev–Trinajstić information content (AvgIpc) is 2.72. The quantitative estimate of drug-likeness (QED) is 0.589. The van der Waals surface area contributed by atoms with Gasteiger partial charge in [0.1, 0.15) is 0 Å². The predicted molar refractivity (Wildman–Crippen MR) is 49.3 cm³/mol. The lowest BCUT2D eigenvalue weighted by atomic mass is 9.81. The molecule has 0 amide bonds. The highest BCUT2D eigenvalue weighted by Crippen LogP contribution is 2.63. The van der Waals surface area contributed by atoms with Crippen LogP contribution in [0.25, 0.3) is 0 Å². The Bertz CT molecular complexity index is 278. The Balaban J connectivity index is 1.66. The molecule has 1 saturated heterocycles. The Hall–Kier alpha value is -0.590. The van der Waals surface area contributed by atoms with Crippen LogP contribution < -0.4 is 0 Å². The minimum Gasteiger partial charge on any atom is -0.348 e. The first kappa shape index (κ1) is 8.70. The third kappa shape index (κ3) is 1.11. The van der Waals surface area contributed by atoms with Gasteiger partial charge in [-0.2, -0.15) is 5.26 Å². The Morgan fingerprint density at radius 1 is 1.07 bits per heavy atom. The molecule has 0 aromatic carbocycles. The van der Waals surface area contributed by atoms with E-state index in [4.69, 9.17) is 14.7 Å². The zero-order valence-electron chi connectivity index (χ0n) is 8.29. The molecule has 0 bridgehead atoms. The molecule has 0 N–H and O–H groups in total. The van der Waals surface area contributed by atoms with Gasteiger partial charge in [-0.15, -0.1) is 0 Å². The fourth-order valence-electron chi connectivity index (χ4n) is 3.00. The van der Waals surface area contributed by atoms with Crippen LogP contribution in [0.3, 0.4) is 0 Å². The summed E-state index contributed by atoms with van der Waals surface area (Å²) in [7, 11) is 0. The van der Waals surface area contributed by atoms with E-state index in [0.717, 1.165) is 45.3 Å². The van der Waals surface area contributed by atoms with Gasteiger partial charge in [0, 0.05) is 12.8 Å². The van der Waals surface area contributed by atoms with Crippen LogP contribution >= 0.6 is 0 Å². The average molecular weight is 193 g/mol. The Morgan fingerprint density at radius 2 is 1.71 bits per heavy atom. The second kappa shape index (κ2) is 2.71. The van der Waals surface area contributed by atoms with Gasteiger partial charge >= 0.3 is 0 Å². The fourth-order valence-corrected chi connectivity index (χ4v) is 3.00. The van der Waals surface area contributed by atoms with E-state index < -0.39 is 0 Å². The molecule has 3 nitrogen and oxygen atoms in total. The highest BCUT2D eigenvalue weighted by molar-refractivity contribution is 5.14. The Kier molecular flexibility index (Phi) is 1.68. The van der Waals surface area contributed by atoms with Crippen molar-refractivity contribution in [3.63, 3.8) is 0 Å². The van der Waals surface area contributed by atoms with Gasteiger partial charge in [0.15, 0.2) is 5.79 Å². The molecule has 1 heterocycles. The lowest BCUT2D eigenvalue weighted by Crippen LogP contribution is -2.36. The highest BCUT2D eigenvalue weighted by Gasteiger charge is 2.58. The van der Waals surface area contributed by atoms with Gasteiger partial charge in [-0.3, -0.25) is 0 Å². The van der Waals surface area contributed by atoms with Crippen LogP contribution in [-0.4, -0.2) is 19.0 Å². The van der Waals surface area contributed by atoms with E-state index in [0.29, 0.717) is 11.3 Å². The molecule has 2 saturated carbocycles. The fraction of sp³-hybridized carbons (Fsp3) is 0.909. The molecule has 1 unspecified atom stereocenters. The van der Waals surface area contributed by atoms with E-state index in [-0.39, 0.29) is 5.79 Å². The molecule has 0 radical (unpaired) electrons. The first-order valence-corrected chi connectivity index (χ1v) is 5.46. The number of hydrogen-bond acceptors (Lipinski definition) is 3. The van der Waals surface area contributed by atoms with Gasteiger partial charge in [-0.1, -0.05) is 0 Å². The SMILES string of the molecule is N#CC1CC12CCC1(CC2)OCCO1. The minimum absolute atomic E-state index is 0.256. The smallest absolute Gasteiger partial charge is 0.168 e. The standard InChI is InChI=1S/C11H15NO2/c12-8-9-7-10(9)1-3-11(4-2-10)13-5-6-14-11/h9H,1-7H2. The Morgan fingerprint density at radius 3 is 2.21 bits per heavy atom. The van der Waals surface area contributed by atoms with Gasteiger partial charge in [-0.05, 0) is 24.7 Å². The largest absolute Gasteiger partial charge is 0.348 e. The summed E-state index contributed by atoms with van der Waals surface area (Å²) in [6.07, 6.45) is 5.33. The molecule has 1 atom stereocenters. The van der Waals surface area contributed by atoms with Crippen LogP contribution in [0, 0.1) is 22.7 Å². The van der Waals surface area contributed by atoms with E-state index in [1.165, 1.54) is 0 Å². The van der Waals surface area contributed by atoms with Crippen molar-refractivity contribution in [1.29, 1.82) is 5.26 Å². The molecule has 14 heavy (non-hydrogen) atoms. The summed E-state index contributed by atoms with van der Waals surface area (Å²) < 4.78 is 11.3. The molecule has 1 aliphatic heterocycles. The molecular weight excluding hydrogens is 178 g/mol. The van der Waals surface area contributed by atoms with Crippen molar-refractivity contribution in [2.75, 3.05) is 13.2 Å². The zero-order valence-corrected chi connectivity index (χ0v) is 8.29. The van der Waals surface area contributed by atoms with Crippen molar-refractivity contribution >= 4 is 0 Å². The van der Waals surface area contributed by atoms with Crippen LogP contribution in [0.15, 0.2) is 0 Å². The van der Waals surface area contributed by atoms with Crippen LogP contribution in [0.4, 0.5) is 0 Å². The lowest BCUT2D eigenvalue weighted by molar-refractivity contribution is -0.185. The van der Waals surface area contributed by atoms with E-state index in [2.05, 4.69) is 6.07 Å². The maximum atomic E-state index is 8.87. The highest BCUT2D eigenvalue weighted by atomic mass is 16.7. The zero-order chi connectivity index (χ0) is 9.65. The van der Waals surface area contributed by atoms with Crippen molar-refractivity contribution in [2.45, 2.75) is 37.9 Å². The molecule has 76 valence electrons. The molecule has 3 rings (SSSR count). The number of hydrogen-bond donors (Lipinski definition) is 0. The van der Waals surface area contributed by atoms with Gasteiger partial charge < -0.3 is 9.47 Å². The monoisotopic (exact) mass is 193 g/mol. The molecule has 3 fully saturated rings. The number of ether oxygens (including phenoxy) is 2. The summed E-state index contributed by atoms with van der Waals surface area (Å²) in [5.74, 6) is 0.0645. The maximum absolute atomic E-state index is 8.87. The van der Waals surface area contributed by atoms with Crippen molar-refractivity contribution in [3.8, 4) is 6.07 Å². The normalized spacial score (nSPS) is 37.2. The topological polar surface area (TPSA) is 42.2 Å². The van der Waals surface area contributed by atoms with Crippen LogP contribution in [-0.2, 0) is 9.47 Å². The van der Waals surface area contributed by atoms with Gasteiger partial charge in [0.05, 0.1) is 25.2 Å². The summed E-state index contributed by atoms with van der Waals surface area (Å²) in [6.45, 7) is 1.49. The molecule has 0 aromatic heterocycles. The van der Waals surface area contributed by atoms with Gasteiger partial charge in [0.25, 0.3) is 0 Å². The van der Waals surface area contributed by atoms with Crippen LogP contribution in [0.1, 0.15) is 32.1 Å². The maximum Gasteiger partial charge on any atom is 0.168 e. The van der Waals surface area contributed by atoms with Crippen molar-refractivity contribution < 1.29 is 9.47 Å². The predicted octanol–water partition coefficient (Wildman–Crippen LogP) is 1.83. The first-order valence-electron chi connectivity index (χ1n) is 5.46. The summed E-state index contributed by atoms with van der Waals surface area (Å²) in [4.78, 5) is 0. The van der Waals surface area contributed by atoms with Crippen LogP contribution in [0.5, 0.6) is 0 Å². The van der Waals surface area contributed by atoms with E-state index in [1.54, 1.807) is 0 Å². The summed E-state index contributed by atoms with van der Waals surface area (Å²) in [5, 5.41) is 8.87. The molecule has 2 spiro atoms. The van der Waals surface area contributed by atoms with Gasteiger partial charge in [0.2, 0.25) is 0 Å². The first-order chi connectivity index (χ1) is 6.79. The van der Waals surface area contributed by atoms with Crippen molar-refractivity contribution in [2.24, 2.45) is 11.3 Å². The van der Waals surface area contributed by atoms with Crippen LogP contribution in [0.2, 0.25) is 0 Å². The number of rotatable bonds is 0. The molecule has 0 aromatic rings. The Labute approximate surface area is 84.0 Å². The van der Waals surface area contributed by atoms with Gasteiger partial charge in [-0.25, -0.2) is 0 Å². The third-order valence-corrected chi connectivity index (χ3v) is 4.17. The van der Waals surface area contributed by atoms with E-state index >= 15 is 0 Å². The van der Waals surface area contributed by atoms with Crippen molar-refractivity contribution in [1.82, 2.24) is 0 Å². The number of nitrogens with zero attached hydrogens (tertiary/aromatic N) is 1. The molecule has 3 heteroatoms. The van der Waals surface area contributed by atoms with E-state index in [1.807, 2.05) is 0 Å². The summed E-state index contributed by atoms with van der Waals surface area (Å²) >= 11 is 0. The summed E-state index contributed by atoms with van der Waals surface area (Å²) in [6, 6.07) is 2.40. The van der Waals surface area contributed by atoms with Crippen molar-refractivity contribution in [3.05, 3.63) is 0 Å². The lowest BCUT2D eigenvalue weighted by Gasteiger charge is -2.35. The summed E-state index contributed by atoms with van der Waals surface area (Å²) in [5.41, 5.74) is 0.356. The number of nitriles is 1. The molecular formula is C11H15NO2. The molecule has 3 aliphatic rings. The third-order valence-electron chi connectivity index (χ3n) is 4.17. The second-order valence-electron chi connectivity index (χ2n) is 4.86.